The molecule has 4 rings (SSSR count). The second-order valence-corrected chi connectivity index (χ2v) is 5.00. The van der Waals surface area contributed by atoms with Crippen LogP contribution in [0.5, 0.6) is 5.88 Å². The number of fused-ring (bicyclic) bond motifs is 3. The highest BCUT2D eigenvalue weighted by Gasteiger charge is 2.38. The van der Waals surface area contributed by atoms with Gasteiger partial charge in [-0.25, -0.2) is 10.4 Å². The first-order chi connectivity index (χ1) is 9.33. The lowest BCUT2D eigenvalue weighted by Crippen LogP contribution is -2.64. The van der Waals surface area contributed by atoms with Crippen molar-refractivity contribution in [2.24, 2.45) is 5.84 Å². The fraction of sp³-hybridized carbons (Fsp3) is 0.667. The Morgan fingerprint density at radius 2 is 2.05 bits per heavy atom. The topological polar surface area (TPSA) is 79.5 Å². The Kier molecular flexibility index (Phi) is 3.61. The van der Waals surface area contributed by atoms with Crippen molar-refractivity contribution in [3.8, 4) is 5.88 Å². The van der Waals surface area contributed by atoms with Crippen LogP contribution in [0.25, 0.3) is 0 Å². The molecule has 3 aliphatic rings. The van der Waals surface area contributed by atoms with Gasteiger partial charge >= 0.3 is 0 Å². The molecule has 7 heteroatoms. The van der Waals surface area contributed by atoms with E-state index in [1.807, 2.05) is 0 Å². The van der Waals surface area contributed by atoms with Crippen LogP contribution in [0, 0.1) is 0 Å². The summed E-state index contributed by atoms with van der Waals surface area (Å²) in [6, 6.07) is 0.254. The van der Waals surface area contributed by atoms with Crippen LogP contribution in [0.3, 0.4) is 0 Å². The molecule has 3 fully saturated rings. The number of nitrogens with two attached hydrogens (primary N) is 1. The van der Waals surface area contributed by atoms with Gasteiger partial charge in [0.1, 0.15) is 5.69 Å². The predicted molar refractivity (Wildman–Crippen MR) is 70.4 cm³/mol. The minimum absolute atomic E-state index is 0.0632. The van der Waals surface area contributed by atoms with Crippen molar-refractivity contribution < 1.29 is 4.74 Å². The molecule has 3 saturated heterocycles. The van der Waals surface area contributed by atoms with Crippen LogP contribution in [0.15, 0.2) is 12.4 Å². The van der Waals surface area contributed by atoms with E-state index in [9.17, 15) is 0 Å². The standard InChI is InChI=1S/C12H20N6O/c1-19-12-11(14-2-3-15-12)10(16-13)9-8-17-4-6-18(9)7-5-17/h2-3,9-10,16H,4-8,13H2,1H3. The molecule has 1 aromatic heterocycles. The van der Waals surface area contributed by atoms with Crippen molar-refractivity contribution in [2.75, 3.05) is 39.8 Å². The fourth-order valence-electron chi connectivity index (χ4n) is 3.05. The Hall–Kier alpha value is -1.28. The van der Waals surface area contributed by atoms with Crippen LogP contribution >= 0.6 is 0 Å². The summed E-state index contributed by atoms with van der Waals surface area (Å²) in [6.07, 6.45) is 3.31. The number of nitrogens with one attached hydrogen (secondary N) is 1. The van der Waals surface area contributed by atoms with Crippen molar-refractivity contribution >= 4 is 0 Å². The van der Waals surface area contributed by atoms with Gasteiger partial charge in [-0.15, -0.1) is 0 Å². The number of nitrogens with zero attached hydrogens (tertiary/aromatic N) is 4. The molecule has 0 aromatic carbocycles. The molecule has 19 heavy (non-hydrogen) atoms. The predicted octanol–water partition coefficient (Wildman–Crippen LogP) is -1.01. The SMILES string of the molecule is COc1nccnc1C(NN)C1CN2CCN1CC2. The first-order valence-corrected chi connectivity index (χ1v) is 6.61. The largest absolute Gasteiger partial charge is 0.480 e. The van der Waals surface area contributed by atoms with Crippen LogP contribution in [-0.4, -0.2) is 65.6 Å². The van der Waals surface area contributed by atoms with Gasteiger partial charge in [0.05, 0.1) is 13.2 Å². The molecule has 0 aliphatic carbocycles. The van der Waals surface area contributed by atoms with E-state index < -0.39 is 0 Å². The highest BCUT2D eigenvalue weighted by atomic mass is 16.5. The molecule has 1 aromatic rings. The van der Waals surface area contributed by atoms with E-state index in [0.29, 0.717) is 11.9 Å². The lowest BCUT2D eigenvalue weighted by molar-refractivity contribution is -0.00477. The van der Waals surface area contributed by atoms with Gasteiger partial charge in [-0.2, -0.15) is 0 Å². The van der Waals surface area contributed by atoms with Crippen molar-refractivity contribution in [3.05, 3.63) is 18.1 Å². The lowest BCUT2D eigenvalue weighted by Gasteiger charge is -2.49. The smallest absolute Gasteiger partial charge is 0.237 e. The molecule has 0 saturated carbocycles. The normalized spacial score (nSPS) is 31.2. The first-order valence-electron chi connectivity index (χ1n) is 6.61. The maximum Gasteiger partial charge on any atom is 0.237 e. The Bertz CT molecular complexity index is 434. The lowest BCUT2D eigenvalue weighted by atomic mass is 9.98. The van der Waals surface area contributed by atoms with Gasteiger partial charge in [-0.1, -0.05) is 0 Å². The molecule has 0 radical (unpaired) electrons. The Morgan fingerprint density at radius 1 is 1.32 bits per heavy atom. The van der Waals surface area contributed by atoms with Crippen LogP contribution < -0.4 is 16.0 Å². The Morgan fingerprint density at radius 3 is 2.63 bits per heavy atom. The van der Waals surface area contributed by atoms with E-state index >= 15 is 0 Å². The summed E-state index contributed by atoms with van der Waals surface area (Å²) in [5, 5.41) is 0. The van der Waals surface area contributed by atoms with Crippen molar-refractivity contribution in [1.29, 1.82) is 0 Å². The van der Waals surface area contributed by atoms with E-state index in [2.05, 4.69) is 25.2 Å². The van der Waals surface area contributed by atoms with Gasteiger partial charge in [-0.3, -0.25) is 20.6 Å². The average Bonchev–Trinajstić information content (AvgIpc) is 2.50. The molecule has 7 nitrogen and oxygen atoms in total. The van der Waals surface area contributed by atoms with Gasteiger partial charge in [0.25, 0.3) is 0 Å². The summed E-state index contributed by atoms with van der Waals surface area (Å²) >= 11 is 0. The number of hydrogen-bond donors (Lipinski definition) is 2. The quantitative estimate of drug-likeness (QED) is 0.533. The second-order valence-electron chi connectivity index (χ2n) is 5.00. The highest BCUT2D eigenvalue weighted by Crippen LogP contribution is 2.29. The van der Waals surface area contributed by atoms with E-state index in [1.54, 1.807) is 19.5 Å². The third-order valence-corrected chi connectivity index (χ3v) is 4.06. The van der Waals surface area contributed by atoms with Gasteiger partial charge in [0, 0.05) is 51.2 Å². The maximum absolute atomic E-state index is 5.77. The molecule has 0 spiro atoms. The summed E-state index contributed by atoms with van der Waals surface area (Å²) in [5.41, 5.74) is 3.68. The molecule has 2 bridgehead atoms. The van der Waals surface area contributed by atoms with E-state index in [0.717, 1.165) is 38.4 Å². The fourth-order valence-corrected chi connectivity index (χ4v) is 3.05. The summed E-state index contributed by atoms with van der Waals surface area (Å²) in [5.74, 6) is 6.32. The third kappa shape index (κ3) is 2.30. The van der Waals surface area contributed by atoms with E-state index in [-0.39, 0.29) is 6.04 Å². The molecule has 3 N–H and O–H groups in total. The highest BCUT2D eigenvalue weighted by molar-refractivity contribution is 5.23. The molecule has 2 unspecified atom stereocenters. The second kappa shape index (κ2) is 5.38. The number of hydrogen-bond acceptors (Lipinski definition) is 7. The minimum Gasteiger partial charge on any atom is -0.480 e. The molecule has 4 heterocycles. The zero-order valence-corrected chi connectivity index (χ0v) is 11.1. The molecule has 3 aliphatic heterocycles. The monoisotopic (exact) mass is 264 g/mol. The third-order valence-electron chi connectivity index (χ3n) is 4.06. The van der Waals surface area contributed by atoms with Crippen LogP contribution in [0.4, 0.5) is 0 Å². The summed E-state index contributed by atoms with van der Waals surface area (Å²) in [4.78, 5) is 13.6. The number of piperazine rings is 3. The minimum atomic E-state index is -0.0632. The van der Waals surface area contributed by atoms with E-state index in [1.165, 1.54) is 0 Å². The molecular formula is C12H20N6O. The van der Waals surface area contributed by atoms with Crippen molar-refractivity contribution in [1.82, 2.24) is 25.2 Å². The van der Waals surface area contributed by atoms with Crippen LogP contribution in [0.2, 0.25) is 0 Å². The number of ether oxygens (including phenoxy) is 1. The molecule has 2 atom stereocenters. The molecule has 104 valence electrons. The summed E-state index contributed by atoms with van der Waals surface area (Å²) in [6.45, 7) is 5.47. The number of hydrazine groups is 1. The zero-order chi connectivity index (χ0) is 13.2. The van der Waals surface area contributed by atoms with Crippen LogP contribution in [0.1, 0.15) is 11.7 Å². The van der Waals surface area contributed by atoms with Gasteiger partial charge < -0.3 is 4.74 Å². The number of aromatic nitrogens is 2. The van der Waals surface area contributed by atoms with Gasteiger partial charge in [-0.05, 0) is 0 Å². The van der Waals surface area contributed by atoms with Gasteiger partial charge in [0.15, 0.2) is 0 Å². The van der Waals surface area contributed by atoms with Gasteiger partial charge in [0.2, 0.25) is 5.88 Å². The number of rotatable bonds is 4. The Labute approximate surface area is 112 Å². The van der Waals surface area contributed by atoms with Crippen molar-refractivity contribution in [3.63, 3.8) is 0 Å². The Balaban J connectivity index is 1.88. The van der Waals surface area contributed by atoms with E-state index in [4.69, 9.17) is 10.6 Å². The average molecular weight is 264 g/mol. The summed E-state index contributed by atoms with van der Waals surface area (Å²) in [7, 11) is 1.61. The zero-order valence-electron chi connectivity index (χ0n) is 11.1. The maximum atomic E-state index is 5.77. The number of methoxy groups -OCH3 is 1. The first kappa shape index (κ1) is 12.7. The van der Waals surface area contributed by atoms with Crippen molar-refractivity contribution in [2.45, 2.75) is 12.1 Å². The molecule has 0 amide bonds. The summed E-state index contributed by atoms with van der Waals surface area (Å²) < 4.78 is 5.30. The van der Waals surface area contributed by atoms with Crippen LogP contribution in [-0.2, 0) is 0 Å². The molecular weight excluding hydrogens is 244 g/mol.